The molecule has 0 fully saturated rings. The lowest BCUT2D eigenvalue weighted by molar-refractivity contribution is 0.102. The van der Waals surface area contributed by atoms with Crippen molar-refractivity contribution in [1.29, 1.82) is 0 Å². The number of aromatic amines is 1. The van der Waals surface area contributed by atoms with Crippen LogP contribution in [-0.4, -0.2) is 30.3 Å². The molecule has 0 saturated carbocycles. The zero-order valence-electron chi connectivity index (χ0n) is 15.3. The van der Waals surface area contributed by atoms with Crippen molar-refractivity contribution < 1.29 is 14.3 Å². The van der Waals surface area contributed by atoms with Gasteiger partial charge in [-0.25, -0.2) is 0 Å². The Labute approximate surface area is 157 Å². The molecule has 0 aliphatic heterocycles. The topological polar surface area (TPSA) is 102 Å². The fraction of sp³-hybridized carbons (Fsp3) is 0.200. The highest BCUT2D eigenvalue weighted by molar-refractivity contribution is 6.07. The van der Waals surface area contributed by atoms with E-state index >= 15 is 0 Å². The monoisotopic (exact) mass is 366 g/mol. The first-order valence-corrected chi connectivity index (χ1v) is 8.51. The number of para-hydroxylation sites is 1. The van der Waals surface area contributed by atoms with Crippen molar-refractivity contribution in [3.05, 3.63) is 65.4 Å². The molecule has 0 unspecified atom stereocenters. The highest BCUT2D eigenvalue weighted by Gasteiger charge is 2.11. The second-order valence-corrected chi connectivity index (χ2v) is 6.04. The summed E-state index contributed by atoms with van der Waals surface area (Å²) in [5.41, 5.74) is 8.68. The van der Waals surface area contributed by atoms with Crippen molar-refractivity contribution in [2.45, 2.75) is 12.8 Å². The fourth-order valence-electron chi connectivity index (χ4n) is 2.73. The Hall–Kier alpha value is -3.48. The van der Waals surface area contributed by atoms with Crippen molar-refractivity contribution in [2.75, 3.05) is 25.3 Å². The van der Waals surface area contributed by atoms with Gasteiger partial charge in [0.05, 0.1) is 19.8 Å². The maximum absolute atomic E-state index is 12.3. The number of H-pyrrole nitrogens is 1. The number of benzene rings is 2. The number of methoxy groups -OCH3 is 2. The molecule has 7 heteroatoms. The number of nitrogens with two attached hydrogens (primary N) is 1. The molecule has 4 N–H and O–H groups in total. The number of hydrogen-bond donors (Lipinski definition) is 3. The van der Waals surface area contributed by atoms with Crippen LogP contribution in [0.25, 0.3) is 0 Å². The third kappa shape index (κ3) is 4.58. The molecule has 0 saturated heterocycles. The minimum Gasteiger partial charge on any atom is -0.497 e. The Morgan fingerprint density at radius 1 is 1.07 bits per heavy atom. The molecule has 0 aliphatic carbocycles. The SMILES string of the molecule is COc1cc(CCc2cc(NC(=O)c3ccccc3N)n[nH]2)cc(OC)c1. The van der Waals surface area contributed by atoms with Gasteiger partial charge in [0.2, 0.25) is 0 Å². The molecule has 0 radical (unpaired) electrons. The van der Waals surface area contributed by atoms with Crippen LogP contribution in [0.5, 0.6) is 11.5 Å². The number of aromatic nitrogens is 2. The number of nitrogen functional groups attached to an aromatic ring is 1. The lowest BCUT2D eigenvalue weighted by Crippen LogP contribution is -2.14. The number of nitrogens with one attached hydrogen (secondary N) is 2. The van der Waals surface area contributed by atoms with Gasteiger partial charge in [0.25, 0.3) is 5.91 Å². The van der Waals surface area contributed by atoms with Gasteiger partial charge >= 0.3 is 0 Å². The zero-order chi connectivity index (χ0) is 19.2. The quantitative estimate of drug-likeness (QED) is 0.558. The molecule has 7 nitrogen and oxygen atoms in total. The molecule has 1 amide bonds. The third-order valence-electron chi connectivity index (χ3n) is 4.17. The van der Waals surface area contributed by atoms with Crippen molar-refractivity contribution >= 4 is 17.4 Å². The smallest absolute Gasteiger partial charge is 0.258 e. The van der Waals surface area contributed by atoms with Crippen molar-refractivity contribution in [3.8, 4) is 11.5 Å². The van der Waals surface area contributed by atoms with Crippen molar-refractivity contribution in [3.63, 3.8) is 0 Å². The molecule has 3 aromatic rings. The number of rotatable bonds is 7. The summed E-state index contributed by atoms with van der Waals surface area (Å²) in [5.74, 6) is 1.68. The molecule has 0 bridgehead atoms. The summed E-state index contributed by atoms with van der Waals surface area (Å²) < 4.78 is 10.6. The molecular weight excluding hydrogens is 344 g/mol. The Morgan fingerprint density at radius 3 is 2.44 bits per heavy atom. The second-order valence-electron chi connectivity index (χ2n) is 6.04. The summed E-state index contributed by atoms with van der Waals surface area (Å²) in [6, 6.07) is 14.5. The van der Waals surface area contributed by atoms with E-state index in [1.54, 1.807) is 38.5 Å². The third-order valence-corrected chi connectivity index (χ3v) is 4.17. The molecule has 0 spiro atoms. The average molecular weight is 366 g/mol. The number of carbonyl (C=O) groups excluding carboxylic acids is 1. The highest BCUT2D eigenvalue weighted by Crippen LogP contribution is 2.23. The van der Waals surface area contributed by atoms with Gasteiger partial charge in [0.1, 0.15) is 11.5 Å². The first-order valence-electron chi connectivity index (χ1n) is 8.51. The van der Waals surface area contributed by atoms with E-state index in [1.165, 1.54) is 0 Å². The van der Waals surface area contributed by atoms with E-state index in [-0.39, 0.29) is 5.91 Å². The van der Waals surface area contributed by atoms with Gasteiger partial charge in [-0.3, -0.25) is 9.89 Å². The van der Waals surface area contributed by atoms with Crippen LogP contribution in [0.1, 0.15) is 21.6 Å². The van der Waals surface area contributed by atoms with E-state index in [0.29, 0.717) is 17.1 Å². The normalized spacial score (nSPS) is 10.4. The number of hydrogen-bond acceptors (Lipinski definition) is 5. The van der Waals surface area contributed by atoms with Crippen molar-refractivity contribution in [1.82, 2.24) is 10.2 Å². The summed E-state index contributed by atoms with van der Waals surface area (Å²) >= 11 is 0. The van der Waals surface area contributed by atoms with Gasteiger partial charge in [0, 0.05) is 23.5 Å². The first-order chi connectivity index (χ1) is 13.1. The van der Waals surface area contributed by atoms with E-state index in [0.717, 1.165) is 35.6 Å². The number of anilines is 2. The summed E-state index contributed by atoms with van der Waals surface area (Å²) in [5, 5.41) is 9.84. The van der Waals surface area contributed by atoms with Crippen LogP contribution in [0.4, 0.5) is 11.5 Å². The molecule has 140 valence electrons. The molecule has 3 rings (SSSR count). The molecule has 1 heterocycles. The molecule has 1 aromatic heterocycles. The average Bonchev–Trinajstić information content (AvgIpc) is 3.13. The Balaban J connectivity index is 1.63. The van der Waals surface area contributed by atoms with Crippen LogP contribution in [0.2, 0.25) is 0 Å². The van der Waals surface area contributed by atoms with Crippen LogP contribution >= 0.6 is 0 Å². The lowest BCUT2D eigenvalue weighted by atomic mass is 10.1. The second kappa shape index (κ2) is 8.27. The Kier molecular flexibility index (Phi) is 5.61. The van der Waals surface area contributed by atoms with Crippen LogP contribution in [0, 0.1) is 0 Å². The minimum absolute atomic E-state index is 0.288. The van der Waals surface area contributed by atoms with Gasteiger partial charge in [-0.2, -0.15) is 5.10 Å². The predicted molar refractivity (Wildman–Crippen MR) is 104 cm³/mol. The Bertz CT molecular complexity index is 914. The number of aryl methyl sites for hydroxylation is 2. The van der Waals surface area contributed by atoms with Crippen LogP contribution < -0.4 is 20.5 Å². The maximum atomic E-state index is 12.3. The molecule has 2 aromatic carbocycles. The minimum atomic E-state index is -0.288. The predicted octanol–water partition coefficient (Wildman–Crippen LogP) is 3.05. The summed E-state index contributed by atoms with van der Waals surface area (Å²) in [6.45, 7) is 0. The van der Waals surface area contributed by atoms with Gasteiger partial charge in [0.15, 0.2) is 5.82 Å². The lowest BCUT2D eigenvalue weighted by Gasteiger charge is -2.08. The molecule has 27 heavy (non-hydrogen) atoms. The van der Waals surface area contributed by atoms with E-state index < -0.39 is 0 Å². The van der Waals surface area contributed by atoms with Gasteiger partial charge in [-0.05, 0) is 42.7 Å². The summed E-state index contributed by atoms with van der Waals surface area (Å²) in [6.07, 6.45) is 1.50. The Morgan fingerprint density at radius 2 is 1.78 bits per heavy atom. The van der Waals surface area contributed by atoms with Crippen LogP contribution in [0.15, 0.2) is 48.5 Å². The first kappa shape index (κ1) is 18.3. The molecular formula is C20H22N4O3. The van der Waals surface area contributed by atoms with E-state index in [2.05, 4.69) is 15.5 Å². The van der Waals surface area contributed by atoms with E-state index in [4.69, 9.17) is 15.2 Å². The van der Waals surface area contributed by atoms with E-state index in [9.17, 15) is 4.79 Å². The summed E-state index contributed by atoms with van der Waals surface area (Å²) in [7, 11) is 3.25. The fourth-order valence-corrected chi connectivity index (χ4v) is 2.73. The van der Waals surface area contributed by atoms with Gasteiger partial charge in [-0.1, -0.05) is 12.1 Å². The largest absolute Gasteiger partial charge is 0.497 e. The number of ether oxygens (including phenoxy) is 2. The number of amides is 1. The highest BCUT2D eigenvalue weighted by atomic mass is 16.5. The van der Waals surface area contributed by atoms with E-state index in [1.807, 2.05) is 24.3 Å². The summed E-state index contributed by atoms with van der Waals surface area (Å²) in [4.78, 5) is 12.3. The van der Waals surface area contributed by atoms with Gasteiger partial charge < -0.3 is 20.5 Å². The van der Waals surface area contributed by atoms with Crippen molar-refractivity contribution in [2.24, 2.45) is 0 Å². The standard InChI is InChI=1S/C20H22N4O3/c1-26-15-9-13(10-16(12-15)27-2)7-8-14-11-19(24-23-14)22-20(25)17-5-3-4-6-18(17)21/h3-6,9-12H,7-8,21H2,1-2H3,(H2,22,23,24,25). The van der Waals surface area contributed by atoms with Crippen LogP contribution in [-0.2, 0) is 12.8 Å². The number of carbonyl (C=O) groups is 1. The zero-order valence-corrected chi connectivity index (χ0v) is 15.3. The molecule has 0 atom stereocenters. The van der Waals surface area contributed by atoms with Gasteiger partial charge in [-0.15, -0.1) is 0 Å². The number of nitrogens with zero attached hydrogens (tertiary/aromatic N) is 1. The van der Waals surface area contributed by atoms with Crippen LogP contribution in [0.3, 0.4) is 0 Å². The maximum Gasteiger partial charge on any atom is 0.258 e. The molecule has 0 aliphatic rings.